The second kappa shape index (κ2) is 6.18. The Balaban J connectivity index is 1.86. The topological polar surface area (TPSA) is 91.0 Å². The number of aromatic carboxylic acids is 1. The van der Waals surface area contributed by atoms with Crippen LogP contribution in [0.25, 0.3) is 16.9 Å². The number of aromatic nitrogens is 3. The van der Waals surface area contributed by atoms with Gasteiger partial charge in [-0.05, 0) is 25.0 Å². The van der Waals surface area contributed by atoms with Crippen LogP contribution in [0.15, 0.2) is 42.6 Å². The van der Waals surface area contributed by atoms with E-state index in [1.807, 2.05) is 18.2 Å². The molecule has 2 N–H and O–H groups in total. The number of nitrogens with zero attached hydrogens (tertiary/aromatic N) is 4. The molecule has 0 saturated carbocycles. The van der Waals surface area contributed by atoms with Crippen molar-refractivity contribution in [3.63, 3.8) is 0 Å². The van der Waals surface area contributed by atoms with E-state index in [1.54, 1.807) is 28.9 Å². The van der Waals surface area contributed by atoms with Gasteiger partial charge in [0, 0.05) is 24.2 Å². The summed E-state index contributed by atoms with van der Waals surface area (Å²) in [6, 6.07) is 10.5. The van der Waals surface area contributed by atoms with Crippen LogP contribution in [0, 0.1) is 0 Å². The van der Waals surface area contributed by atoms with Crippen molar-refractivity contribution in [3.8, 4) is 11.3 Å². The molecular formula is C18H18N4O3. The summed E-state index contributed by atoms with van der Waals surface area (Å²) in [5.41, 5.74) is 2.35. The lowest BCUT2D eigenvalue weighted by atomic mass is 10.1. The number of aliphatic hydroxyl groups is 1. The largest absolute Gasteiger partial charge is 0.478 e. The number of carboxylic acid groups (broad SMARTS) is 1. The first kappa shape index (κ1) is 15.6. The van der Waals surface area contributed by atoms with E-state index in [-0.39, 0.29) is 18.2 Å². The summed E-state index contributed by atoms with van der Waals surface area (Å²) in [6.07, 6.45) is 3.64. The van der Waals surface area contributed by atoms with Gasteiger partial charge in [0.05, 0.1) is 30.1 Å². The Bertz CT molecular complexity index is 937. The normalized spacial score (nSPS) is 17.3. The molecule has 1 fully saturated rings. The molecule has 3 aromatic rings. The molecule has 0 bridgehead atoms. The molecule has 25 heavy (non-hydrogen) atoms. The highest BCUT2D eigenvalue weighted by Gasteiger charge is 2.26. The number of carboxylic acids is 1. The predicted molar refractivity (Wildman–Crippen MR) is 92.8 cm³/mol. The number of hydrogen-bond acceptors (Lipinski definition) is 5. The minimum atomic E-state index is -0.965. The molecule has 1 aliphatic heterocycles. The van der Waals surface area contributed by atoms with E-state index in [4.69, 9.17) is 0 Å². The summed E-state index contributed by atoms with van der Waals surface area (Å²) >= 11 is 0. The highest BCUT2D eigenvalue weighted by molar-refractivity contribution is 5.89. The molecule has 1 aromatic carbocycles. The van der Waals surface area contributed by atoms with Crippen molar-refractivity contribution < 1.29 is 15.0 Å². The number of aliphatic hydroxyl groups excluding tert-OH is 1. The molecule has 1 saturated heterocycles. The summed E-state index contributed by atoms with van der Waals surface area (Å²) in [4.78, 5) is 18.0. The van der Waals surface area contributed by atoms with Gasteiger partial charge in [0.15, 0.2) is 5.65 Å². The molecule has 3 heterocycles. The maximum atomic E-state index is 11.2. The fourth-order valence-corrected chi connectivity index (χ4v) is 3.39. The van der Waals surface area contributed by atoms with Crippen LogP contribution in [0.5, 0.6) is 0 Å². The third-order valence-electron chi connectivity index (χ3n) is 4.63. The maximum Gasteiger partial charge on any atom is 0.335 e. The Kier molecular flexibility index (Phi) is 3.85. The molecule has 1 unspecified atom stereocenters. The molecule has 1 atom stereocenters. The summed E-state index contributed by atoms with van der Waals surface area (Å²) < 4.78 is 1.76. The van der Waals surface area contributed by atoms with Gasteiger partial charge in [0.1, 0.15) is 5.82 Å². The maximum absolute atomic E-state index is 11.2. The van der Waals surface area contributed by atoms with Crippen LogP contribution in [-0.2, 0) is 0 Å². The van der Waals surface area contributed by atoms with Crippen LogP contribution in [0.4, 0.5) is 5.82 Å². The van der Waals surface area contributed by atoms with Gasteiger partial charge in [-0.1, -0.05) is 12.1 Å². The van der Waals surface area contributed by atoms with E-state index in [0.29, 0.717) is 11.3 Å². The van der Waals surface area contributed by atoms with Crippen LogP contribution in [-0.4, -0.2) is 50.0 Å². The monoisotopic (exact) mass is 338 g/mol. The summed E-state index contributed by atoms with van der Waals surface area (Å²) in [5.74, 6) is -0.102. The number of benzene rings is 1. The fraction of sp³-hybridized carbons (Fsp3) is 0.278. The first-order chi connectivity index (χ1) is 12.2. The first-order valence-corrected chi connectivity index (χ1v) is 8.23. The molecule has 1 aliphatic rings. The van der Waals surface area contributed by atoms with E-state index in [9.17, 15) is 15.0 Å². The van der Waals surface area contributed by atoms with Gasteiger partial charge in [-0.3, -0.25) is 0 Å². The van der Waals surface area contributed by atoms with Crippen LogP contribution in [0.3, 0.4) is 0 Å². The third kappa shape index (κ3) is 2.72. The molecule has 7 heteroatoms. The van der Waals surface area contributed by atoms with E-state index >= 15 is 0 Å². The Morgan fingerprint density at radius 1 is 1.28 bits per heavy atom. The smallest absolute Gasteiger partial charge is 0.335 e. The van der Waals surface area contributed by atoms with E-state index in [2.05, 4.69) is 15.0 Å². The molecule has 7 nitrogen and oxygen atoms in total. The number of rotatable bonds is 4. The molecule has 0 spiro atoms. The first-order valence-electron chi connectivity index (χ1n) is 8.23. The van der Waals surface area contributed by atoms with Gasteiger partial charge in [-0.2, -0.15) is 9.61 Å². The average molecular weight is 338 g/mol. The van der Waals surface area contributed by atoms with Crippen molar-refractivity contribution in [1.29, 1.82) is 0 Å². The average Bonchev–Trinajstić information content (AvgIpc) is 3.29. The van der Waals surface area contributed by atoms with Crippen molar-refractivity contribution in [2.45, 2.75) is 18.9 Å². The van der Waals surface area contributed by atoms with Crippen molar-refractivity contribution >= 4 is 17.4 Å². The molecule has 2 aromatic heterocycles. The SMILES string of the molecule is O=C(O)c1cccc(-c2cc(N3CCCC3CO)n3nccc3n2)c1. The third-order valence-corrected chi connectivity index (χ3v) is 4.63. The minimum Gasteiger partial charge on any atom is -0.478 e. The molecule has 0 radical (unpaired) electrons. The predicted octanol–water partition coefficient (Wildman–Crippen LogP) is 2.06. The van der Waals surface area contributed by atoms with Crippen LogP contribution in [0.1, 0.15) is 23.2 Å². The standard InChI is InChI=1S/C18H18N4O3/c23-11-14-5-2-8-21(14)17-10-15(20-16-6-7-19-22(16)17)12-3-1-4-13(9-12)18(24)25/h1,3-4,6-7,9-10,14,23H,2,5,8,11H2,(H,24,25). The highest BCUT2D eigenvalue weighted by Crippen LogP contribution is 2.29. The van der Waals surface area contributed by atoms with Gasteiger partial charge in [0.2, 0.25) is 0 Å². The van der Waals surface area contributed by atoms with E-state index in [0.717, 1.165) is 30.8 Å². The van der Waals surface area contributed by atoms with Crippen LogP contribution < -0.4 is 4.90 Å². The van der Waals surface area contributed by atoms with Crippen molar-refractivity contribution in [2.24, 2.45) is 0 Å². The second-order valence-corrected chi connectivity index (χ2v) is 6.16. The zero-order valence-corrected chi connectivity index (χ0v) is 13.5. The Labute approximate surface area is 144 Å². The summed E-state index contributed by atoms with van der Waals surface area (Å²) in [6.45, 7) is 0.938. The number of fused-ring (bicyclic) bond motifs is 1. The Hall–Kier alpha value is -2.93. The zero-order valence-electron chi connectivity index (χ0n) is 13.5. The van der Waals surface area contributed by atoms with Crippen LogP contribution >= 0.6 is 0 Å². The fourth-order valence-electron chi connectivity index (χ4n) is 3.39. The van der Waals surface area contributed by atoms with E-state index in [1.165, 1.54) is 0 Å². The van der Waals surface area contributed by atoms with Crippen molar-refractivity contribution in [3.05, 3.63) is 48.2 Å². The van der Waals surface area contributed by atoms with Gasteiger partial charge in [-0.15, -0.1) is 0 Å². The van der Waals surface area contributed by atoms with E-state index < -0.39 is 5.97 Å². The van der Waals surface area contributed by atoms with Gasteiger partial charge in [0.25, 0.3) is 0 Å². The summed E-state index contributed by atoms with van der Waals surface area (Å²) in [5, 5.41) is 23.2. The minimum absolute atomic E-state index is 0.0630. The molecule has 4 rings (SSSR count). The second-order valence-electron chi connectivity index (χ2n) is 6.16. The molecular weight excluding hydrogens is 320 g/mol. The lowest BCUT2D eigenvalue weighted by Crippen LogP contribution is -2.33. The van der Waals surface area contributed by atoms with Gasteiger partial charge >= 0.3 is 5.97 Å². The van der Waals surface area contributed by atoms with Crippen molar-refractivity contribution in [1.82, 2.24) is 14.6 Å². The van der Waals surface area contributed by atoms with Crippen LogP contribution in [0.2, 0.25) is 0 Å². The highest BCUT2D eigenvalue weighted by atomic mass is 16.4. The Morgan fingerprint density at radius 2 is 2.16 bits per heavy atom. The van der Waals surface area contributed by atoms with Gasteiger partial charge in [-0.25, -0.2) is 9.78 Å². The van der Waals surface area contributed by atoms with Gasteiger partial charge < -0.3 is 15.1 Å². The summed E-state index contributed by atoms with van der Waals surface area (Å²) in [7, 11) is 0. The Morgan fingerprint density at radius 3 is 2.96 bits per heavy atom. The molecule has 0 amide bonds. The lowest BCUT2D eigenvalue weighted by molar-refractivity contribution is 0.0697. The zero-order chi connectivity index (χ0) is 17.4. The van der Waals surface area contributed by atoms with Crippen molar-refractivity contribution in [2.75, 3.05) is 18.1 Å². The number of carbonyl (C=O) groups is 1. The number of anilines is 1. The lowest BCUT2D eigenvalue weighted by Gasteiger charge is -2.26. The molecule has 0 aliphatic carbocycles. The molecule has 128 valence electrons. The quantitative estimate of drug-likeness (QED) is 0.757. The number of hydrogen-bond donors (Lipinski definition) is 2.